The normalized spacial score (nSPS) is 18.8. The van der Waals surface area contributed by atoms with Crippen molar-refractivity contribution in [3.8, 4) is 5.88 Å². The standard InChI is InChI=1S/C14H16NO2/c1-10-4-7-12(13-3-2-8-16-13)14(15-10)17-9-11-5-6-11/h3-4,7,11H,1-2,5-6,8-9H2. The molecule has 1 aromatic heterocycles. The number of pyridine rings is 1. The zero-order valence-electron chi connectivity index (χ0n) is 9.82. The molecule has 0 atom stereocenters. The quantitative estimate of drug-likeness (QED) is 0.797. The predicted molar refractivity (Wildman–Crippen MR) is 65.5 cm³/mol. The predicted octanol–water partition coefficient (Wildman–Crippen LogP) is 2.81. The van der Waals surface area contributed by atoms with Crippen LogP contribution in [-0.4, -0.2) is 18.2 Å². The van der Waals surface area contributed by atoms with Gasteiger partial charge in [0.1, 0.15) is 5.76 Å². The number of nitrogens with zero attached hydrogens (tertiary/aromatic N) is 1. The van der Waals surface area contributed by atoms with E-state index in [2.05, 4.69) is 18.0 Å². The van der Waals surface area contributed by atoms with Crippen molar-refractivity contribution in [3.05, 3.63) is 36.4 Å². The maximum atomic E-state index is 5.78. The molecule has 1 aliphatic carbocycles. The van der Waals surface area contributed by atoms with Gasteiger partial charge in [-0.2, -0.15) is 0 Å². The highest BCUT2D eigenvalue weighted by Crippen LogP contribution is 2.32. The molecule has 3 heteroatoms. The van der Waals surface area contributed by atoms with Crippen LogP contribution < -0.4 is 4.74 Å². The van der Waals surface area contributed by atoms with E-state index in [1.807, 2.05) is 12.1 Å². The molecule has 0 saturated heterocycles. The summed E-state index contributed by atoms with van der Waals surface area (Å²) in [5.41, 5.74) is 1.69. The molecule has 3 nitrogen and oxygen atoms in total. The van der Waals surface area contributed by atoms with Gasteiger partial charge in [0, 0.05) is 12.1 Å². The molecule has 89 valence electrons. The zero-order valence-corrected chi connectivity index (χ0v) is 9.82. The zero-order chi connectivity index (χ0) is 11.7. The van der Waals surface area contributed by atoms with Gasteiger partial charge in [-0.15, -0.1) is 0 Å². The van der Waals surface area contributed by atoms with Crippen LogP contribution in [0.15, 0.2) is 18.2 Å². The number of rotatable bonds is 4. The summed E-state index contributed by atoms with van der Waals surface area (Å²) < 4.78 is 11.3. The summed E-state index contributed by atoms with van der Waals surface area (Å²) in [6.45, 7) is 5.35. The smallest absolute Gasteiger partial charge is 0.224 e. The maximum absolute atomic E-state index is 5.78. The lowest BCUT2D eigenvalue weighted by Gasteiger charge is -2.11. The molecular weight excluding hydrogens is 214 g/mol. The molecular formula is C14H16NO2. The molecule has 1 aliphatic heterocycles. The first-order chi connectivity index (χ1) is 8.33. The summed E-state index contributed by atoms with van der Waals surface area (Å²) in [5.74, 6) is 2.28. The second kappa shape index (κ2) is 4.40. The van der Waals surface area contributed by atoms with Crippen LogP contribution in [0.4, 0.5) is 0 Å². The van der Waals surface area contributed by atoms with Crippen LogP contribution in [0.1, 0.15) is 30.5 Å². The average Bonchev–Trinajstić information content (AvgIpc) is 3.00. The molecule has 0 spiro atoms. The highest BCUT2D eigenvalue weighted by molar-refractivity contribution is 5.65. The molecule has 0 aromatic carbocycles. The fraction of sp³-hybridized carbons (Fsp3) is 0.429. The van der Waals surface area contributed by atoms with Gasteiger partial charge in [-0.1, -0.05) is 0 Å². The molecule has 1 fully saturated rings. The number of hydrogen-bond donors (Lipinski definition) is 0. The number of aromatic nitrogens is 1. The topological polar surface area (TPSA) is 31.4 Å². The van der Waals surface area contributed by atoms with E-state index in [1.165, 1.54) is 12.8 Å². The van der Waals surface area contributed by atoms with Crippen LogP contribution in [0.25, 0.3) is 5.76 Å². The lowest BCUT2D eigenvalue weighted by molar-refractivity contribution is 0.278. The van der Waals surface area contributed by atoms with E-state index < -0.39 is 0 Å². The van der Waals surface area contributed by atoms with E-state index in [-0.39, 0.29) is 0 Å². The van der Waals surface area contributed by atoms with E-state index in [0.29, 0.717) is 5.88 Å². The Morgan fingerprint density at radius 1 is 1.41 bits per heavy atom. The maximum Gasteiger partial charge on any atom is 0.224 e. The number of hydrogen-bond acceptors (Lipinski definition) is 3. The highest BCUT2D eigenvalue weighted by atomic mass is 16.5. The molecule has 3 rings (SSSR count). The molecule has 0 unspecified atom stereocenters. The first-order valence-electron chi connectivity index (χ1n) is 6.12. The molecule has 1 saturated carbocycles. The van der Waals surface area contributed by atoms with Crippen LogP contribution in [0.3, 0.4) is 0 Å². The molecule has 2 heterocycles. The van der Waals surface area contributed by atoms with Crippen LogP contribution in [0.5, 0.6) is 5.88 Å². The minimum Gasteiger partial charge on any atom is -0.493 e. The summed E-state index contributed by atoms with van der Waals surface area (Å²) in [6, 6.07) is 3.87. The molecule has 0 N–H and O–H groups in total. The van der Waals surface area contributed by atoms with E-state index in [9.17, 15) is 0 Å². The van der Waals surface area contributed by atoms with Crippen molar-refractivity contribution in [2.24, 2.45) is 5.92 Å². The summed E-state index contributed by atoms with van der Waals surface area (Å²) in [5, 5.41) is 0. The van der Waals surface area contributed by atoms with Crippen molar-refractivity contribution in [1.82, 2.24) is 4.98 Å². The minimum atomic E-state index is 0.664. The van der Waals surface area contributed by atoms with Gasteiger partial charge in [0.25, 0.3) is 0 Å². The minimum absolute atomic E-state index is 0.664. The van der Waals surface area contributed by atoms with Gasteiger partial charge < -0.3 is 9.47 Å². The number of ether oxygens (including phenoxy) is 2. The Labute approximate surface area is 101 Å². The Morgan fingerprint density at radius 3 is 3.00 bits per heavy atom. The lowest BCUT2D eigenvalue weighted by atomic mass is 10.2. The van der Waals surface area contributed by atoms with Crippen LogP contribution in [0.2, 0.25) is 0 Å². The summed E-state index contributed by atoms with van der Waals surface area (Å²) >= 11 is 0. The Hall–Kier alpha value is -1.51. The van der Waals surface area contributed by atoms with Crippen molar-refractivity contribution in [2.45, 2.75) is 19.3 Å². The van der Waals surface area contributed by atoms with Crippen molar-refractivity contribution in [3.63, 3.8) is 0 Å². The van der Waals surface area contributed by atoms with Gasteiger partial charge in [-0.05, 0) is 43.9 Å². The van der Waals surface area contributed by atoms with E-state index in [1.54, 1.807) is 0 Å². The Kier molecular flexibility index (Phi) is 2.75. The first kappa shape index (κ1) is 10.6. The molecule has 1 radical (unpaired) electrons. The lowest BCUT2D eigenvalue weighted by Crippen LogP contribution is -2.04. The summed E-state index contributed by atoms with van der Waals surface area (Å²) in [7, 11) is 0. The third-order valence-electron chi connectivity index (χ3n) is 3.04. The Bertz CT molecular complexity index is 450. The van der Waals surface area contributed by atoms with Gasteiger partial charge >= 0.3 is 0 Å². The van der Waals surface area contributed by atoms with Gasteiger partial charge in [0.15, 0.2) is 0 Å². The van der Waals surface area contributed by atoms with Crippen molar-refractivity contribution >= 4 is 5.76 Å². The fourth-order valence-corrected chi connectivity index (χ4v) is 1.86. The SMILES string of the molecule is [CH2]c1ccc(C2=CCCO2)c(OCC2CC2)n1. The Balaban J connectivity index is 1.83. The molecule has 0 amide bonds. The van der Waals surface area contributed by atoms with E-state index >= 15 is 0 Å². The van der Waals surface area contributed by atoms with Gasteiger partial charge in [-0.3, -0.25) is 0 Å². The van der Waals surface area contributed by atoms with Crippen molar-refractivity contribution < 1.29 is 9.47 Å². The third kappa shape index (κ3) is 2.43. The summed E-state index contributed by atoms with van der Waals surface area (Å²) in [6.07, 6.45) is 5.60. The van der Waals surface area contributed by atoms with Crippen LogP contribution in [0, 0.1) is 12.8 Å². The Morgan fingerprint density at radius 2 is 2.29 bits per heavy atom. The third-order valence-corrected chi connectivity index (χ3v) is 3.04. The highest BCUT2D eigenvalue weighted by Gasteiger charge is 2.23. The molecule has 2 aliphatic rings. The van der Waals surface area contributed by atoms with Crippen molar-refractivity contribution in [1.29, 1.82) is 0 Å². The summed E-state index contributed by atoms with van der Waals surface area (Å²) in [4.78, 5) is 4.36. The first-order valence-corrected chi connectivity index (χ1v) is 6.12. The molecule has 17 heavy (non-hydrogen) atoms. The van der Waals surface area contributed by atoms with Crippen LogP contribution >= 0.6 is 0 Å². The second-order valence-electron chi connectivity index (χ2n) is 4.62. The van der Waals surface area contributed by atoms with E-state index in [0.717, 1.165) is 42.6 Å². The largest absolute Gasteiger partial charge is 0.493 e. The van der Waals surface area contributed by atoms with E-state index in [4.69, 9.17) is 9.47 Å². The molecule has 1 aromatic rings. The van der Waals surface area contributed by atoms with Crippen LogP contribution in [-0.2, 0) is 4.74 Å². The monoisotopic (exact) mass is 230 g/mol. The van der Waals surface area contributed by atoms with Gasteiger partial charge in [-0.25, -0.2) is 4.98 Å². The molecule has 0 bridgehead atoms. The average molecular weight is 230 g/mol. The second-order valence-corrected chi connectivity index (χ2v) is 4.62. The fourth-order valence-electron chi connectivity index (χ4n) is 1.86. The van der Waals surface area contributed by atoms with Crippen molar-refractivity contribution in [2.75, 3.05) is 13.2 Å². The van der Waals surface area contributed by atoms with Gasteiger partial charge in [0.2, 0.25) is 5.88 Å². The van der Waals surface area contributed by atoms with Gasteiger partial charge in [0.05, 0.1) is 18.8 Å².